The molecule has 154 valence electrons. The number of benzene rings is 1. The van der Waals surface area contributed by atoms with Crippen LogP contribution in [0.1, 0.15) is 43.6 Å². The van der Waals surface area contributed by atoms with Crippen LogP contribution in [0.4, 0.5) is 5.13 Å². The Bertz CT molecular complexity index is 990. The predicted molar refractivity (Wildman–Crippen MR) is 115 cm³/mol. The summed E-state index contributed by atoms with van der Waals surface area (Å²) in [5, 5.41) is 21.7. The molecule has 0 radical (unpaired) electrons. The highest BCUT2D eigenvalue weighted by Gasteiger charge is 2.19. The van der Waals surface area contributed by atoms with Crippen molar-refractivity contribution in [2.45, 2.75) is 37.9 Å². The highest BCUT2D eigenvalue weighted by molar-refractivity contribution is 7.99. The maximum atomic E-state index is 12.2. The fourth-order valence-corrected chi connectivity index (χ4v) is 4.05. The normalized spacial score (nSPS) is 12.2. The number of halogens is 1. The minimum absolute atomic E-state index is 0.175. The lowest BCUT2D eigenvalue weighted by atomic mass is 10.2. The van der Waals surface area contributed by atoms with Gasteiger partial charge in [0.25, 0.3) is 0 Å². The van der Waals surface area contributed by atoms with Gasteiger partial charge in [-0.2, -0.15) is 0 Å². The van der Waals surface area contributed by atoms with Crippen LogP contribution in [0, 0.1) is 0 Å². The molecule has 1 N–H and O–H groups in total. The molecule has 1 amide bonds. The number of nitrogens with one attached hydrogen (secondary N) is 1. The van der Waals surface area contributed by atoms with Crippen molar-refractivity contribution in [2.75, 3.05) is 11.1 Å². The Morgan fingerprint density at radius 1 is 1.24 bits per heavy atom. The molecule has 0 bridgehead atoms. The molecule has 0 aliphatic heterocycles. The van der Waals surface area contributed by atoms with Crippen molar-refractivity contribution >= 4 is 45.7 Å². The minimum Gasteiger partial charge on any atom is -0.481 e. The Hall–Kier alpha value is -2.17. The summed E-state index contributed by atoms with van der Waals surface area (Å²) in [5.74, 6) is 1.50. The fourth-order valence-electron chi connectivity index (χ4n) is 2.39. The van der Waals surface area contributed by atoms with Crippen molar-refractivity contribution in [1.29, 1.82) is 0 Å². The van der Waals surface area contributed by atoms with E-state index >= 15 is 0 Å². The van der Waals surface area contributed by atoms with Gasteiger partial charge in [0.05, 0.1) is 10.8 Å². The van der Waals surface area contributed by atoms with E-state index in [0.29, 0.717) is 26.9 Å². The fraction of sp³-hybridized carbons (Fsp3) is 0.389. The van der Waals surface area contributed by atoms with Crippen LogP contribution < -0.4 is 10.1 Å². The van der Waals surface area contributed by atoms with Gasteiger partial charge in [-0.15, -0.1) is 20.4 Å². The number of carbonyl (C=O) groups is 1. The van der Waals surface area contributed by atoms with E-state index in [1.165, 1.54) is 23.1 Å². The summed E-state index contributed by atoms with van der Waals surface area (Å²) in [7, 11) is 1.84. The zero-order chi connectivity index (χ0) is 21.0. The molecule has 0 aliphatic carbocycles. The van der Waals surface area contributed by atoms with Crippen molar-refractivity contribution < 1.29 is 9.53 Å². The number of carbonyl (C=O) groups excluding carboxylic acids is 1. The van der Waals surface area contributed by atoms with Crippen molar-refractivity contribution in [3.8, 4) is 5.75 Å². The van der Waals surface area contributed by atoms with E-state index < -0.39 is 0 Å². The number of thioether (sulfide) groups is 1. The van der Waals surface area contributed by atoms with Crippen LogP contribution >= 0.6 is 34.7 Å². The number of nitrogens with zero attached hydrogens (tertiary/aromatic N) is 5. The molecule has 0 fully saturated rings. The predicted octanol–water partition coefficient (Wildman–Crippen LogP) is 4.31. The molecule has 2 aromatic heterocycles. The van der Waals surface area contributed by atoms with E-state index in [2.05, 4.69) is 25.7 Å². The van der Waals surface area contributed by atoms with E-state index in [4.69, 9.17) is 16.3 Å². The van der Waals surface area contributed by atoms with Gasteiger partial charge in [0.2, 0.25) is 11.0 Å². The van der Waals surface area contributed by atoms with Crippen LogP contribution in [-0.2, 0) is 11.8 Å². The summed E-state index contributed by atoms with van der Waals surface area (Å²) >= 11 is 8.81. The summed E-state index contributed by atoms with van der Waals surface area (Å²) in [4.78, 5) is 12.2. The maximum Gasteiger partial charge on any atom is 0.236 e. The van der Waals surface area contributed by atoms with Gasteiger partial charge in [-0.05, 0) is 19.1 Å². The first-order valence-electron chi connectivity index (χ1n) is 8.91. The van der Waals surface area contributed by atoms with Gasteiger partial charge in [-0.1, -0.05) is 60.7 Å². The van der Waals surface area contributed by atoms with Gasteiger partial charge in [-0.3, -0.25) is 10.1 Å². The number of hydrogen-bond donors (Lipinski definition) is 1. The van der Waals surface area contributed by atoms with Gasteiger partial charge in [0.15, 0.2) is 17.1 Å². The second-order valence-corrected chi connectivity index (χ2v) is 8.89. The van der Waals surface area contributed by atoms with Crippen LogP contribution in [0.5, 0.6) is 5.75 Å². The molecule has 0 saturated carbocycles. The van der Waals surface area contributed by atoms with Crippen molar-refractivity contribution in [3.63, 3.8) is 0 Å². The molecule has 1 unspecified atom stereocenters. The summed E-state index contributed by atoms with van der Waals surface area (Å²) in [6.45, 7) is 5.93. The van der Waals surface area contributed by atoms with E-state index in [-0.39, 0.29) is 23.7 Å². The third kappa shape index (κ3) is 5.46. The highest BCUT2D eigenvalue weighted by Crippen LogP contribution is 2.29. The average Bonchev–Trinajstić information content (AvgIpc) is 3.29. The molecule has 8 nitrogen and oxygen atoms in total. The standard InChI is InChI=1S/C18H21ClN6O2S2/c1-10(2)16-22-23-17(29-16)20-14(26)9-28-18-24-21-15(25(18)4)11(3)27-13-8-6-5-7-12(13)19/h5-8,10-11H,9H2,1-4H3,(H,20,23,26). The first-order valence-corrected chi connectivity index (χ1v) is 11.1. The molecule has 1 atom stereocenters. The van der Waals surface area contributed by atoms with E-state index in [1.54, 1.807) is 16.7 Å². The average molecular weight is 453 g/mol. The van der Waals surface area contributed by atoms with Crippen LogP contribution in [0.2, 0.25) is 5.02 Å². The Morgan fingerprint density at radius 3 is 2.69 bits per heavy atom. The Balaban J connectivity index is 1.57. The Kier molecular flexibility index (Phi) is 7.09. The first kappa shape index (κ1) is 21.5. The number of aromatic nitrogens is 5. The molecule has 11 heteroatoms. The van der Waals surface area contributed by atoms with E-state index in [9.17, 15) is 4.79 Å². The molecular weight excluding hydrogens is 432 g/mol. The number of rotatable bonds is 8. The maximum absolute atomic E-state index is 12.2. The second-order valence-electron chi connectivity index (χ2n) is 6.53. The molecule has 0 aliphatic rings. The lowest BCUT2D eigenvalue weighted by molar-refractivity contribution is -0.113. The van der Waals surface area contributed by atoms with Crippen molar-refractivity contribution in [1.82, 2.24) is 25.0 Å². The van der Waals surface area contributed by atoms with Crippen LogP contribution in [0.3, 0.4) is 0 Å². The van der Waals surface area contributed by atoms with Gasteiger partial charge in [0, 0.05) is 13.0 Å². The number of hydrogen-bond acceptors (Lipinski definition) is 8. The van der Waals surface area contributed by atoms with Gasteiger partial charge < -0.3 is 9.30 Å². The molecule has 3 rings (SSSR count). The Labute approximate surface area is 182 Å². The number of para-hydroxylation sites is 1. The van der Waals surface area contributed by atoms with Crippen LogP contribution in [0.15, 0.2) is 29.4 Å². The third-order valence-corrected chi connectivity index (χ3v) is 6.36. The van der Waals surface area contributed by atoms with Crippen molar-refractivity contribution in [2.24, 2.45) is 7.05 Å². The topological polar surface area (TPSA) is 94.8 Å². The summed E-state index contributed by atoms with van der Waals surface area (Å²) in [5.41, 5.74) is 0. The molecule has 29 heavy (non-hydrogen) atoms. The molecule has 3 aromatic rings. The largest absolute Gasteiger partial charge is 0.481 e. The summed E-state index contributed by atoms with van der Waals surface area (Å²) in [6, 6.07) is 7.26. The monoisotopic (exact) mass is 452 g/mol. The lowest BCUT2D eigenvalue weighted by Gasteiger charge is -2.15. The first-order chi connectivity index (χ1) is 13.8. The molecule has 0 spiro atoms. The lowest BCUT2D eigenvalue weighted by Crippen LogP contribution is -2.14. The van der Waals surface area contributed by atoms with Gasteiger partial charge in [-0.25, -0.2) is 0 Å². The SMILES string of the molecule is CC(C)c1nnc(NC(=O)CSc2nnc(C(C)Oc3ccccc3Cl)n2C)s1. The zero-order valence-corrected chi connectivity index (χ0v) is 18.8. The summed E-state index contributed by atoms with van der Waals surface area (Å²) < 4.78 is 7.70. The molecule has 1 aromatic carbocycles. The number of amides is 1. The minimum atomic E-state index is -0.355. The smallest absolute Gasteiger partial charge is 0.236 e. The molecule has 2 heterocycles. The quantitative estimate of drug-likeness (QED) is 0.508. The zero-order valence-electron chi connectivity index (χ0n) is 16.4. The third-order valence-electron chi connectivity index (χ3n) is 3.89. The summed E-state index contributed by atoms with van der Waals surface area (Å²) in [6.07, 6.45) is -0.355. The molecule has 0 saturated heterocycles. The van der Waals surface area contributed by atoms with E-state index in [1.807, 2.05) is 40.0 Å². The second kappa shape index (κ2) is 9.55. The van der Waals surface area contributed by atoms with E-state index in [0.717, 1.165) is 5.01 Å². The van der Waals surface area contributed by atoms with Crippen LogP contribution in [0.25, 0.3) is 0 Å². The number of ether oxygens (including phenoxy) is 1. The van der Waals surface area contributed by atoms with Crippen molar-refractivity contribution in [3.05, 3.63) is 40.1 Å². The highest BCUT2D eigenvalue weighted by atomic mass is 35.5. The van der Waals surface area contributed by atoms with Crippen LogP contribution in [-0.4, -0.2) is 36.6 Å². The van der Waals surface area contributed by atoms with Gasteiger partial charge >= 0.3 is 0 Å². The molecular formula is C18H21ClN6O2S2. The van der Waals surface area contributed by atoms with Gasteiger partial charge in [0.1, 0.15) is 10.8 Å². The Morgan fingerprint density at radius 2 is 2.00 bits per heavy atom. The number of anilines is 1.